The van der Waals surface area contributed by atoms with E-state index in [1.807, 2.05) is 20.8 Å². The molecule has 0 aliphatic carbocycles. The number of ether oxygens (including phenoxy) is 1. The third-order valence-corrected chi connectivity index (χ3v) is 7.58. The van der Waals surface area contributed by atoms with Gasteiger partial charge < -0.3 is 15.4 Å². The molecule has 0 saturated carbocycles. The lowest BCUT2D eigenvalue weighted by Crippen LogP contribution is -2.38. The van der Waals surface area contributed by atoms with E-state index in [1.54, 1.807) is 48.5 Å². The van der Waals surface area contributed by atoms with Gasteiger partial charge in [-0.15, -0.1) is 0 Å². The van der Waals surface area contributed by atoms with Gasteiger partial charge in [-0.1, -0.05) is 29.8 Å². The summed E-state index contributed by atoms with van der Waals surface area (Å²) in [5, 5.41) is 5.49. The zero-order valence-corrected chi connectivity index (χ0v) is 22.8. The van der Waals surface area contributed by atoms with Crippen LogP contribution in [-0.2, 0) is 14.8 Å². The number of carbonyl (C=O) groups excluding carboxylic acids is 2. The van der Waals surface area contributed by atoms with Crippen molar-refractivity contribution in [2.75, 3.05) is 23.3 Å². The highest BCUT2D eigenvalue weighted by atomic mass is 79.9. The van der Waals surface area contributed by atoms with Gasteiger partial charge in [-0.3, -0.25) is 13.9 Å². The molecule has 0 aliphatic heterocycles. The van der Waals surface area contributed by atoms with Gasteiger partial charge in [0.15, 0.2) is 0 Å². The number of carbonyl (C=O) groups is 2. The molecule has 10 heteroatoms. The average molecular weight is 574 g/mol. The van der Waals surface area contributed by atoms with Crippen LogP contribution in [-0.4, -0.2) is 39.9 Å². The third kappa shape index (κ3) is 6.44. The molecule has 3 rings (SSSR count). The Morgan fingerprint density at radius 3 is 2.31 bits per heavy atom. The molecule has 0 heterocycles. The molecule has 0 spiro atoms. The molecule has 0 saturated heterocycles. The summed E-state index contributed by atoms with van der Waals surface area (Å²) in [6.45, 7) is 5.05. The van der Waals surface area contributed by atoms with E-state index in [4.69, 9.17) is 4.74 Å². The second kappa shape index (κ2) is 11.6. The Morgan fingerprint density at radius 2 is 1.69 bits per heavy atom. The van der Waals surface area contributed by atoms with Crippen molar-refractivity contribution in [3.8, 4) is 5.75 Å². The van der Waals surface area contributed by atoms with Gasteiger partial charge in [-0.25, -0.2) is 8.42 Å². The van der Waals surface area contributed by atoms with Crippen LogP contribution in [0.3, 0.4) is 0 Å². The van der Waals surface area contributed by atoms with Gasteiger partial charge in [0.05, 0.1) is 33.4 Å². The molecule has 0 atom stereocenters. The van der Waals surface area contributed by atoms with E-state index in [0.29, 0.717) is 15.9 Å². The largest absolute Gasteiger partial charge is 0.496 e. The fraction of sp³-hybridized carbons (Fsp3) is 0.231. The van der Waals surface area contributed by atoms with Crippen molar-refractivity contribution < 1.29 is 22.7 Å². The molecule has 2 amide bonds. The second-order valence-corrected chi connectivity index (χ2v) is 11.1. The number of nitrogens with zero attached hydrogens (tertiary/aromatic N) is 1. The maximum atomic E-state index is 13.7. The molecule has 0 radical (unpaired) electrons. The lowest BCUT2D eigenvalue weighted by molar-refractivity contribution is -0.114. The minimum atomic E-state index is -4.14. The van der Waals surface area contributed by atoms with Gasteiger partial charge in [0.1, 0.15) is 12.3 Å². The summed E-state index contributed by atoms with van der Waals surface area (Å²) in [6.07, 6.45) is 0. The van der Waals surface area contributed by atoms with Gasteiger partial charge in [0.2, 0.25) is 5.91 Å². The van der Waals surface area contributed by atoms with Crippen LogP contribution in [0, 0.1) is 6.92 Å². The average Bonchev–Trinajstić information content (AvgIpc) is 2.83. The molecule has 36 heavy (non-hydrogen) atoms. The first-order valence-electron chi connectivity index (χ1n) is 11.2. The number of nitrogens with one attached hydrogen (secondary N) is 2. The van der Waals surface area contributed by atoms with Crippen molar-refractivity contribution in [2.24, 2.45) is 0 Å². The van der Waals surface area contributed by atoms with E-state index < -0.39 is 22.5 Å². The maximum Gasteiger partial charge on any atom is 0.264 e. The number of anilines is 2. The number of benzene rings is 3. The Labute approximate surface area is 219 Å². The van der Waals surface area contributed by atoms with E-state index >= 15 is 0 Å². The van der Waals surface area contributed by atoms with Crippen molar-refractivity contribution in [2.45, 2.75) is 31.7 Å². The van der Waals surface area contributed by atoms with E-state index in [1.165, 1.54) is 25.3 Å². The van der Waals surface area contributed by atoms with Crippen molar-refractivity contribution in [1.29, 1.82) is 0 Å². The molecule has 3 aromatic carbocycles. The lowest BCUT2D eigenvalue weighted by atomic mass is 10.1. The van der Waals surface area contributed by atoms with Crippen LogP contribution in [0.4, 0.5) is 11.4 Å². The Morgan fingerprint density at radius 1 is 1.03 bits per heavy atom. The first-order valence-corrected chi connectivity index (χ1v) is 13.4. The van der Waals surface area contributed by atoms with Crippen molar-refractivity contribution in [3.05, 3.63) is 82.3 Å². The Bertz CT molecular complexity index is 1360. The number of rotatable bonds is 9. The van der Waals surface area contributed by atoms with Crippen molar-refractivity contribution in [3.63, 3.8) is 0 Å². The highest BCUT2D eigenvalue weighted by Gasteiger charge is 2.28. The van der Waals surface area contributed by atoms with E-state index in [2.05, 4.69) is 26.6 Å². The SMILES string of the molecule is COc1ccc(S(=O)(=O)N(CC(=O)Nc2ccccc2C(=O)NC(C)C)c2ccc(C)cc2)cc1Br. The molecule has 0 aromatic heterocycles. The van der Waals surface area contributed by atoms with Gasteiger partial charge in [0.25, 0.3) is 15.9 Å². The molecular formula is C26H28BrN3O5S. The topological polar surface area (TPSA) is 105 Å². The minimum absolute atomic E-state index is 0.0136. The monoisotopic (exact) mass is 573 g/mol. The summed E-state index contributed by atoms with van der Waals surface area (Å²) in [4.78, 5) is 25.7. The van der Waals surface area contributed by atoms with Crippen LogP contribution < -0.4 is 19.7 Å². The van der Waals surface area contributed by atoms with Gasteiger partial charge >= 0.3 is 0 Å². The van der Waals surface area contributed by atoms with Crippen molar-refractivity contribution in [1.82, 2.24) is 5.32 Å². The minimum Gasteiger partial charge on any atom is -0.496 e. The number of amides is 2. The Kier molecular flexibility index (Phi) is 8.75. The number of hydrogen-bond donors (Lipinski definition) is 2. The van der Waals surface area contributed by atoms with Crippen LogP contribution in [0.5, 0.6) is 5.75 Å². The zero-order valence-electron chi connectivity index (χ0n) is 20.4. The van der Waals surface area contributed by atoms with Crippen LogP contribution in [0.25, 0.3) is 0 Å². The lowest BCUT2D eigenvalue weighted by Gasteiger charge is -2.25. The number of sulfonamides is 1. The maximum absolute atomic E-state index is 13.7. The van der Waals surface area contributed by atoms with Gasteiger partial charge in [-0.05, 0) is 79.2 Å². The van der Waals surface area contributed by atoms with Crippen LogP contribution >= 0.6 is 15.9 Å². The normalized spacial score (nSPS) is 11.2. The van der Waals surface area contributed by atoms with Crippen LogP contribution in [0.2, 0.25) is 0 Å². The first-order chi connectivity index (χ1) is 17.0. The number of aryl methyl sites for hydroxylation is 1. The van der Waals surface area contributed by atoms with E-state index in [0.717, 1.165) is 9.87 Å². The highest BCUT2D eigenvalue weighted by molar-refractivity contribution is 9.10. The molecule has 190 valence electrons. The quantitative estimate of drug-likeness (QED) is 0.384. The molecule has 0 unspecified atom stereocenters. The molecule has 2 N–H and O–H groups in total. The highest BCUT2D eigenvalue weighted by Crippen LogP contribution is 2.31. The predicted molar refractivity (Wildman–Crippen MR) is 144 cm³/mol. The summed E-state index contributed by atoms with van der Waals surface area (Å²) in [6, 6.07) is 17.7. The van der Waals surface area contributed by atoms with Gasteiger partial charge in [0, 0.05) is 6.04 Å². The van der Waals surface area contributed by atoms with Gasteiger partial charge in [-0.2, -0.15) is 0 Å². The molecule has 0 bridgehead atoms. The van der Waals surface area contributed by atoms with Crippen LogP contribution in [0.1, 0.15) is 29.8 Å². The smallest absolute Gasteiger partial charge is 0.264 e. The Hall–Kier alpha value is -3.37. The predicted octanol–water partition coefficient (Wildman–Crippen LogP) is 4.74. The summed E-state index contributed by atoms with van der Waals surface area (Å²) < 4.78 is 34.0. The summed E-state index contributed by atoms with van der Waals surface area (Å²) in [5.74, 6) is -0.464. The number of para-hydroxylation sites is 1. The molecular weight excluding hydrogens is 546 g/mol. The standard InChI is InChI=1S/C26H28BrN3O5S/c1-17(2)28-26(32)21-7-5-6-8-23(21)29-25(31)16-30(19-11-9-18(3)10-12-19)36(33,34)20-13-14-24(35-4)22(27)15-20/h5-15,17H,16H2,1-4H3,(H,28,32)(H,29,31). The van der Waals surface area contributed by atoms with E-state index in [9.17, 15) is 18.0 Å². The molecule has 0 aliphatic rings. The number of hydrogen-bond acceptors (Lipinski definition) is 5. The first kappa shape index (κ1) is 27.2. The second-order valence-electron chi connectivity index (χ2n) is 8.37. The summed E-state index contributed by atoms with van der Waals surface area (Å²) in [7, 11) is -2.65. The van der Waals surface area contributed by atoms with Crippen molar-refractivity contribution >= 4 is 49.1 Å². The molecule has 8 nitrogen and oxygen atoms in total. The summed E-state index contributed by atoms with van der Waals surface area (Å²) >= 11 is 3.32. The molecule has 0 fully saturated rings. The fourth-order valence-electron chi connectivity index (χ4n) is 3.41. The fourth-order valence-corrected chi connectivity index (χ4v) is 5.55. The van der Waals surface area contributed by atoms with Crippen LogP contribution in [0.15, 0.2) is 76.1 Å². The third-order valence-electron chi connectivity index (χ3n) is 5.19. The zero-order chi connectivity index (χ0) is 26.5. The number of halogens is 1. The molecule has 3 aromatic rings. The number of methoxy groups -OCH3 is 1. The Balaban J connectivity index is 1.95. The van der Waals surface area contributed by atoms with E-state index in [-0.39, 0.29) is 28.1 Å². The summed E-state index contributed by atoms with van der Waals surface area (Å²) in [5.41, 5.74) is 1.84.